The summed E-state index contributed by atoms with van der Waals surface area (Å²) in [7, 11) is 0. The van der Waals surface area contributed by atoms with Crippen molar-refractivity contribution in [2.45, 2.75) is 5.41 Å². The van der Waals surface area contributed by atoms with E-state index in [1.165, 1.54) is 64.7 Å². The molecule has 0 amide bonds. The molecule has 0 spiro atoms. The Morgan fingerprint density at radius 3 is 1.53 bits per heavy atom. The topological polar surface area (TPSA) is 25.8 Å². The van der Waals surface area contributed by atoms with Gasteiger partial charge in [-0.05, 0) is 86.0 Å². The van der Waals surface area contributed by atoms with Crippen LogP contribution in [0.5, 0.6) is 0 Å². The number of fused-ring (bicyclic) bond motifs is 6. The Labute approximate surface area is 365 Å². The van der Waals surface area contributed by atoms with E-state index in [1.807, 2.05) is 29.5 Å². The van der Waals surface area contributed by atoms with E-state index in [9.17, 15) is 0 Å². The average molecular weight is 807 g/mol. The van der Waals surface area contributed by atoms with E-state index in [4.69, 9.17) is 9.97 Å². The van der Waals surface area contributed by atoms with Crippen LogP contribution in [0.3, 0.4) is 0 Å². The molecule has 0 aliphatic heterocycles. The predicted octanol–water partition coefficient (Wildman–Crippen LogP) is 15.5. The van der Waals surface area contributed by atoms with E-state index in [1.54, 1.807) is 0 Å². The van der Waals surface area contributed by atoms with E-state index in [-0.39, 0.29) is 0 Å². The van der Waals surface area contributed by atoms with E-state index in [2.05, 4.69) is 212 Å². The Hall–Kier alpha value is -7.72. The van der Waals surface area contributed by atoms with Gasteiger partial charge in [-0.15, -0.1) is 11.3 Å². The molecule has 290 valence electrons. The molecule has 2 heterocycles. The van der Waals surface area contributed by atoms with Crippen LogP contribution in [0.1, 0.15) is 22.3 Å². The number of thiophene rings is 1. The first-order valence-electron chi connectivity index (χ1n) is 21.1. The second kappa shape index (κ2) is 14.8. The number of benzene rings is 9. The van der Waals surface area contributed by atoms with Crippen molar-refractivity contribution in [1.82, 2.24) is 9.97 Å². The Bertz CT molecular complexity index is 3400. The Morgan fingerprint density at radius 2 is 0.806 bits per heavy atom. The van der Waals surface area contributed by atoms with Gasteiger partial charge in [0, 0.05) is 36.9 Å². The molecular weight excluding hydrogens is 769 g/mol. The lowest BCUT2D eigenvalue weighted by atomic mass is 9.67. The fourth-order valence-corrected chi connectivity index (χ4v) is 10.8. The molecular formula is C59H38N2S. The number of hydrogen-bond donors (Lipinski definition) is 0. The van der Waals surface area contributed by atoms with Gasteiger partial charge < -0.3 is 0 Å². The van der Waals surface area contributed by atoms with Crippen molar-refractivity contribution in [3.8, 4) is 67.3 Å². The molecule has 62 heavy (non-hydrogen) atoms. The van der Waals surface area contributed by atoms with Crippen molar-refractivity contribution in [1.29, 1.82) is 0 Å². The first-order chi connectivity index (χ1) is 30.7. The van der Waals surface area contributed by atoms with Gasteiger partial charge in [-0.3, -0.25) is 0 Å². The molecule has 3 heteroatoms. The number of rotatable bonds is 7. The van der Waals surface area contributed by atoms with Crippen LogP contribution in [0.2, 0.25) is 0 Å². The molecule has 1 aliphatic carbocycles. The van der Waals surface area contributed by atoms with Crippen LogP contribution in [0.4, 0.5) is 0 Å². The molecule has 1 aliphatic rings. The molecule has 0 radical (unpaired) electrons. The lowest BCUT2D eigenvalue weighted by Gasteiger charge is -2.34. The molecule has 9 aromatic carbocycles. The Kier molecular flexibility index (Phi) is 8.62. The highest BCUT2D eigenvalue weighted by atomic mass is 32.1. The third kappa shape index (κ3) is 5.93. The smallest absolute Gasteiger partial charge is 0.160 e. The highest BCUT2D eigenvalue weighted by Gasteiger charge is 2.45. The van der Waals surface area contributed by atoms with Crippen LogP contribution in [-0.2, 0) is 5.41 Å². The van der Waals surface area contributed by atoms with Crippen molar-refractivity contribution in [3.63, 3.8) is 0 Å². The van der Waals surface area contributed by atoms with E-state index < -0.39 is 5.41 Å². The van der Waals surface area contributed by atoms with Crippen LogP contribution >= 0.6 is 11.3 Å². The zero-order chi connectivity index (χ0) is 41.0. The highest BCUT2D eigenvalue weighted by Crippen LogP contribution is 2.56. The fraction of sp³-hybridized carbons (Fsp3) is 0.0169. The maximum atomic E-state index is 5.19. The van der Waals surface area contributed by atoms with Gasteiger partial charge in [0.1, 0.15) is 0 Å². The van der Waals surface area contributed by atoms with Gasteiger partial charge in [0.2, 0.25) is 0 Å². The van der Waals surface area contributed by atoms with Crippen LogP contribution < -0.4 is 0 Å². The fourth-order valence-electron chi connectivity index (χ4n) is 9.68. The molecule has 2 nitrogen and oxygen atoms in total. The lowest BCUT2D eigenvalue weighted by molar-refractivity contribution is 0.768. The minimum absolute atomic E-state index is 0.426. The van der Waals surface area contributed by atoms with Crippen molar-refractivity contribution < 1.29 is 0 Å². The SMILES string of the molecule is c1ccc(-c2nc(-c3ccc(-c4ccc5sc6ccccc6c5c4)cc3)cc(-c3cccc(-c4ccc(C5(c6ccccc6)c6ccccc6-c6ccccc65)cc4)c3)n2)cc1. The highest BCUT2D eigenvalue weighted by molar-refractivity contribution is 7.25. The molecule has 2 aromatic heterocycles. The summed E-state index contributed by atoms with van der Waals surface area (Å²) in [5.74, 6) is 0.704. The summed E-state index contributed by atoms with van der Waals surface area (Å²) in [6.07, 6.45) is 0. The predicted molar refractivity (Wildman–Crippen MR) is 259 cm³/mol. The summed E-state index contributed by atoms with van der Waals surface area (Å²) >= 11 is 1.85. The summed E-state index contributed by atoms with van der Waals surface area (Å²) < 4.78 is 2.63. The van der Waals surface area contributed by atoms with Crippen LogP contribution in [0, 0.1) is 0 Å². The van der Waals surface area contributed by atoms with Crippen LogP contribution in [0.15, 0.2) is 231 Å². The van der Waals surface area contributed by atoms with E-state index in [0.29, 0.717) is 5.82 Å². The standard InChI is InChI=1S/C59H38N2S/c1-3-14-42(15-4-1)58-60-54(41-28-26-39(27-29-41)44-32-35-57-51(37-44)50-22-9-12-25-56(50)62-57)38-55(61-58)45-17-13-16-43(36-45)40-30-33-47(34-31-40)59(46-18-5-2-6-19-46)52-23-10-7-20-48(52)49-21-8-11-24-53(49)59/h1-38H. The first kappa shape index (κ1) is 36.2. The summed E-state index contributed by atoms with van der Waals surface area (Å²) in [5, 5.41) is 2.62. The normalized spacial score (nSPS) is 12.6. The summed E-state index contributed by atoms with van der Waals surface area (Å²) in [5.41, 5.74) is 16.8. The second-order valence-corrected chi connectivity index (χ2v) is 17.2. The second-order valence-electron chi connectivity index (χ2n) is 16.1. The number of hydrogen-bond acceptors (Lipinski definition) is 3. The number of aromatic nitrogens is 2. The number of nitrogens with zero attached hydrogens (tertiary/aromatic N) is 2. The quantitative estimate of drug-likeness (QED) is 0.160. The molecule has 0 atom stereocenters. The zero-order valence-corrected chi connectivity index (χ0v) is 34.6. The van der Waals surface area contributed by atoms with Crippen LogP contribution in [0.25, 0.3) is 87.5 Å². The first-order valence-corrected chi connectivity index (χ1v) is 22.0. The molecule has 0 fully saturated rings. The minimum atomic E-state index is -0.426. The molecule has 11 aromatic rings. The van der Waals surface area contributed by atoms with Gasteiger partial charge in [0.25, 0.3) is 0 Å². The molecule has 0 bridgehead atoms. The molecule has 12 rings (SSSR count). The van der Waals surface area contributed by atoms with Crippen molar-refractivity contribution >= 4 is 31.5 Å². The van der Waals surface area contributed by atoms with Gasteiger partial charge in [-0.2, -0.15) is 0 Å². The van der Waals surface area contributed by atoms with Gasteiger partial charge in [0.05, 0.1) is 16.8 Å². The largest absolute Gasteiger partial charge is 0.228 e. The third-order valence-electron chi connectivity index (χ3n) is 12.6. The summed E-state index contributed by atoms with van der Waals surface area (Å²) in [4.78, 5) is 10.3. The van der Waals surface area contributed by atoms with Gasteiger partial charge in [-0.25, -0.2) is 9.97 Å². The summed E-state index contributed by atoms with van der Waals surface area (Å²) in [6, 6.07) is 83.4. The van der Waals surface area contributed by atoms with E-state index in [0.717, 1.165) is 39.2 Å². The molecule has 0 unspecified atom stereocenters. The third-order valence-corrected chi connectivity index (χ3v) is 13.8. The van der Waals surface area contributed by atoms with Gasteiger partial charge >= 0.3 is 0 Å². The van der Waals surface area contributed by atoms with Crippen molar-refractivity contribution in [3.05, 3.63) is 253 Å². The van der Waals surface area contributed by atoms with Crippen LogP contribution in [-0.4, -0.2) is 9.97 Å². The minimum Gasteiger partial charge on any atom is -0.228 e. The van der Waals surface area contributed by atoms with Gasteiger partial charge in [0.15, 0.2) is 5.82 Å². The molecule has 0 N–H and O–H groups in total. The van der Waals surface area contributed by atoms with E-state index >= 15 is 0 Å². The summed E-state index contributed by atoms with van der Waals surface area (Å²) in [6.45, 7) is 0. The maximum Gasteiger partial charge on any atom is 0.160 e. The Morgan fingerprint density at radius 1 is 0.306 bits per heavy atom. The monoisotopic (exact) mass is 806 g/mol. The van der Waals surface area contributed by atoms with Gasteiger partial charge in [-0.1, -0.05) is 200 Å². The molecule has 0 saturated carbocycles. The average Bonchev–Trinajstić information content (AvgIpc) is 3.88. The zero-order valence-electron chi connectivity index (χ0n) is 33.7. The molecule has 0 saturated heterocycles. The lowest BCUT2D eigenvalue weighted by Crippen LogP contribution is -2.28. The van der Waals surface area contributed by atoms with Crippen molar-refractivity contribution in [2.75, 3.05) is 0 Å². The maximum absolute atomic E-state index is 5.19. The Balaban J connectivity index is 0.916. The van der Waals surface area contributed by atoms with Crippen molar-refractivity contribution in [2.24, 2.45) is 0 Å².